The highest BCUT2D eigenvalue weighted by Gasteiger charge is 2.53. The first-order valence-electron chi connectivity index (χ1n) is 16.2. The van der Waals surface area contributed by atoms with Gasteiger partial charge in [-0.3, -0.25) is 0 Å². The molecule has 1 aliphatic heterocycles. The maximum absolute atomic E-state index is 15.1. The van der Waals surface area contributed by atoms with Gasteiger partial charge in [-0.2, -0.15) is 13.2 Å². The zero-order valence-electron chi connectivity index (χ0n) is 26.9. The maximum Gasteiger partial charge on any atom is 0.526 e. The molecule has 1 aliphatic rings. The van der Waals surface area contributed by atoms with Crippen molar-refractivity contribution >= 4 is 60.9 Å². The fourth-order valence-electron chi connectivity index (χ4n) is 7.14. The molecule has 0 saturated heterocycles. The number of sulfonamides is 1. The van der Waals surface area contributed by atoms with Crippen molar-refractivity contribution in [3.63, 3.8) is 0 Å². The van der Waals surface area contributed by atoms with Crippen molar-refractivity contribution in [2.75, 3.05) is 0 Å². The van der Waals surface area contributed by atoms with Gasteiger partial charge in [-0.15, -0.1) is 0 Å². The summed E-state index contributed by atoms with van der Waals surface area (Å²) in [7, 11) is -11.7. The monoisotopic (exact) mass is 731 g/mol. The predicted octanol–water partition coefficient (Wildman–Crippen LogP) is 11.6. The molecule has 11 heteroatoms. The second-order valence-electron chi connectivity index (χ2n) is 12.5. The zero-order valence-corrected chi connectivity index (χ0v) is 28.6. The van der Waals surface area contributed by atoms with Crippen LogP contribution in [-0.4, -0.2) is 13.9 Å². The van der Waals surface area contributed by atoms with E-state index in [1.165, 1.54) is 4.49 Å². The first kappa shape index (κ1) is 32.3. The smallest absolute Gasteiger partial charge is 0.403 e. The highest BCUT2D eigenvalue weighted by molar-refractivity contribution is 7.95. The molecule has 0 aromatic heterocycles. The molecule has 8 aromatic rings. The molecule has 0 radical (unpaired) electrons. The average molecular weight is 732 g/mol. The first-order valence-corrected chi connectivity index (χ1v) is 19.2. The molecule has 0 bridgehead atoms. The van der Waals surface area contributed by atoms with Crippen molar-refractivity contribution < 1.29 is 35.2 Å². The van der Waals surface area contributed by atoms with Gasteiger partial charge in [0.05, 0.1) is 0 Å². The SMILES string of the molecule is O=P1(NS(=O)(=O)C(F)(F)F)Oc2c(c(-c3ccccc3)cc3ccc4ccccc4c23)-c2c(-c3ccccc3)cc3ccc4ccccc4c3c2O1. The fraction of sp³-hybridized carbons (Fsp3) is 0.0244. The van der Waals surface area contributed by atoms with Crippen LogP contribution >= 0.6 is 7.75 Å². The second kappa shape index (κ2) is 11.7. The summed E-state index contributed by atoms with van der Waals surface area (Å²) in [6.07, 6.45) is 0. The third-order valence-electron chi connectivity index (χ3n) is 9.35. The van der Waals surface area contributed by atoms with Crippen molar-refractivity contribution in [1.82, 2.24) is 4.49 Å². The van der Waals surface area contributed by atoms with E-state index in [0.717, 1.165) is 21.9 Å². The molecule has 1 heterocycles. The Labute approximate surface area is 295 Å². The van der Waals surface area contributed by atoms with Gasteiger partial charge in [0.2, 0.25) is 0 Å². The molecule has 0 spiro atoms. The van der Waals surface area contributed by atoms with Gasteiger partial charge in [-0.25, -0.2) is 13.0 Å². The summed E-state index contributed by atoms with van der Waals surface area (Å²) in [4.78, 5) is 0. The van der Waals surface area contributed by atoms with Crippen LogP contribution in [0.15, 0.2) is 146 Å². The van der Waals surface area contributed by atoms with E-state index in [0.29, 0.717) is 54.6 Å². The average Bonchev–Trinajstić information content (AvgIpc) is 3.27. The van der Waals surface area contributed by atoms with Crippen molar-refractivity contribution in [1.29, 1.82) is 0 Å². The van der Waals surface area contributed by atoms with E-state index in [1.807, 2.05) is 133 Å². The van der Waals surface area contributed by atoms with E-state index in [1.54, 1.807) is 12.1 Å². The highest BCUT2D eigenvalue weighted by Crippen LogP contribution is 2.63. The standard InChI is InChI=1S/C41H25F3NO5PS/c42-41(43,44)52(47,48)45-51(46)49-39-35-29(21-19-27-15-7-9-17-31(27)35)23-33(25-11-3-1-4-12-25)37(39)38-34(26-13-5-2-6-14-26)24-30-22-20-28-16-8-10-18-32(28)36(30)40(38)50-51/h1-24H,(H,45,46). The number of halogens is 3. The van der Waals surface area contributed by atoms with Crippen LogP contribution in [0.2, 0.25) is 0 Å². The molecule has 256 valence electrons. The Kier molecular flexibility index (Phi) is 7.24. The fourth-order valence-corrected chi connectivity index (χ4v) is 9.91. The Bertz CT molecular complexity index is 2740. The number of rotatable bonds is 4. The lowest BCUT2D eigenvalue weighted by Gasteiger charge is -2.21. The molecule has 9 rings (SSSR count). The van der Waals surface area contributed by atoms with Gasteiger partial charge in [-0.1, -0.05) is 138 Å². The Balaban J connectivity index is 1.56. The summed E-state index contributed by atoms with van der Waals surface area (Å²) in [5.74, 6) is -0.172. The van der Waals surface area contributed by atoms with Crippen LogP contribution in [-0.2, 0) is 14.6 Å². The molecule has 0 unspecified atom stereocenters. The van der Waals surface area contributed by atoms with Gasteiger partial charge >= 0.3 is 23.3 Å². The minimum absolute atomic E-state index is 0.0862. The van der Waals surface area contributed by atoms with E-state index in [2.05, 4.69) is 0 Å². The normalized spacial score (nSPS) is 14.1. The molecular formula is C41H25F3NO5PS. The minimum atomic E-state index is -6.26. The number of fused-ring (bicyclic) bond motifs is 11. The Hall–Kier alpha value is -5.67. The number of alkyl halides is 3. The third-order valence-corrected chi connectivity index (χ3v) is 12.7. The van der Waals surface area contributed by atoms with Gasteiger partial charge in [0.25, 0.3) is 0 Å². The first-order chi connectivity index (χ1) is 25.0. The molecular weight excluding hydrogens is 706 g/mol. The van der Waals surface area contributed by atoms with Crippen molar-refractivity contribution in [3.8, 4) is 44.9 Å². The maximum atomic E-state index is 15.1. The van der Waals surface area contributed by atoms with Crippen LogP contribution < -0.4 is 13.5 Å². The molecule has 0 aliphatic carbocycles. The van der Waals surface area contributed by atoms with E-state index in [-0.39, 0.29) is 11.5 Å². The molecule has 8 aromatic carbocycles. The van der Waals surface area contributed by atoms with Gasteiger partial charge in [0.1, 0.15) is 11.5 Å². The van der Waals surface area contributed by atoms with Gasteiger partial charge in [-0.05, 0) is 66.7 Å². The molecule has 0 saturated carbocycles. The summed E-state index contributed by atoms with van der Waals surface area (Å²) in [6, 6.07) is 44.8. The number of nitrogens with one attached hydrogen (secondary N) is 1. The molecule has 0 fully saturated rings. The summed E-state index contributed by atoms with van der Waals surface area (Å²) < 4.78 is 96.7. The van der Waals surface area contributed by atoms with Crippen LogP contribution in [0.4, 0.5) is 13.2 Å². The second-order valence-corrected chi connectivity index (χ2v) is 16.0. The Morgan fingerprint density at radius 1 is 0.519 bits per heavy atom. The van der Waals surface area contributed by atoms with E-state index in [9.17, 15) is 21.6 Å². The van der Waals surface area contributed by atoms with Crippen LogP contribution in [0.3, 0.4) is 0 Å². The van der Waals surface area contributed by atoms with Crippen molar-refractivity contribution in [3.05, 3.63) is 146 Å². The third kappa shape index (κ3) is 5.13. The molecule has 52 heavy (non-hydrogen) atoms. The topological polar surface area (TPSA) is 81.7 Å². The van der Waals surface area contributed by atoms with Crippen LogP contribution in [0.5, 0.6) is 11.5 Å². The molecule has 6 nitrogen and oxygen atoms in total. The van der Waals surface area contributed by atoms with Gasteiger partial charge < -0.3 is 9.05 Å². The summed E-state index contributed by atoms with van der Waals surface area (Å²) >= 11 is 0. The minimum Gasteiger partial charge on any atom is -0.403 e. The van der Waals surface area contributed by atoms with Crippen molar-refractivity contribution in [2.24, 2.45) is 0 Å². The van der Waals surface area contributed by atoms with Crippen molar-refractivity contribution in [2.45, 2.75) is 5.51 Å². The zero-order chi connectivity index (χ0) is 35.8. The van der Waals surface area contributed by atoms with E-state index in [4.69, 9.17) is 9.05 Å². The number of hydrogen-bond acceptors (Lipinski definition) is 5. The van der Waals surface area contributed by atoms with Gasteiger partial charge in [0, 0.05) is 21.9 Å². The quantitative estimate of drug-likeness (QED) is 0.144. The largest absolute Gasteiger partial charge is 0.526 e. The van der Waals surface area contributed by atoms with E-state index < -0.39 is 23.3 Å². The predicted molar refractivity (Wildman–Crippen MR) is 200 cm³/mol. The summed E-state index contributed by atoms with van der Waals surface area (Å²) in [5, 5.41) is 4.94. The highest BCUT2D eigenvalue weighted by atomic mass is 32.2. The van der Waals surface area contributed by atoms with E-state index >= 15 is 4.57 Å². The number of benzene rings is 8. The lowest BCUT2D eigenvalue weighted by atomic mass is 9.83. The van der Waals surface area contributed by atoms with Crippen LogP contribution in [0, 0.1) is 0 Å². The lowest BCUT2D eigenvalue weighted by molar-refractivity contribution is -0.0443. The lowest BCUT2D eigenvalue weighted by Crippen LogP contribution is -2.36. The van der Waals surface area contributed by atoms with Crippen LogP contribution in [0.25, 0.3) is 76.5 Å². The Morgan fingerprint density at radius 2 is 0.904 bits per heavy atom. The van der Waals surface area contributed by atoms with Gasteiger partial charge in [0.15, 0.2) is 0 Å². The van der Waals surface area contributed by atoms with Crippen LogP contribution in [0.1, 0.15) is 0 Å². The summed E-state index contributed by atoms with van der Waals surface area (Å²) in [6.45, 7) is 0. The molecule has 1 N–H and O–H groups in total. The molecule has 0 amide bonds. The summed E-state index contributed by atoms with van der Waals surface area (Å²) in [5.41, 5.74) is -2.40. The molecule has 0 atom stereocenters. The Morgan fingerprint density at radius 3 is 1.33 bits per heavy atom. The number of hydrogen-bond donors (Lipinski definition) is 1.